The fraction of sp³-hybridized carbons (Fsp3) is 0.188. The first-order valence-corrected chi connectivity index (χ1v) is 6.53. The Labute approximate surface area is 118 Å². The fourth-order valence-electron chi connectivity index (χ4n) is 1.79. The molecule has 2 aromatic carbocycles. The number of rotatable bonds is 4. The van der Waals surface area contributed by atoms with Crippen molar-refractivity contribution in [3.05, 3.63) is 54.6 Å². The highest BCUT2D eigenvalue weighted by Crippen LogP contribution is 2.20. The van der Waals surface area contributed by atoms with Gasteiger partial charge in [0, 0.05) is 12.2 Å². The van der Waals surface area contributed by atoms with Crippen LogP contribution < -0.4 is 10.6 Å². The number of aliphatic hydroxyl groups is 1. The number of amides is 2. The van der Waals surface area contributed by atoms with Crippen LogP contribution in [-0.2, 0) is 0 Å². The van der Waals surface area contributed by atoms with Crippen LogP contribution in [0.1, 0.15) is 6.92 Å². The van der Waals surface area contributed by atoms with Crippen molar-refractivity contribution in [2.75, 3.05) is 11.9 Å². The number of urea groups is 1. The van der Waals surface area contributed by atoms with Gasteiger partial charge in [0.25, 0.3) is 0 Å². The lowest BCUT2D eigenvalue weighted by Gasteiger charge is -2.09. The molecule has 0 aliphatic heterocycles. The van der Waals surface area contributed by atoms with E-state index in [1.165, 1.54) is 0 Å². The number of nitrogens with one attached hydrogen (secondary N) is 2. The average Bonchev–Trinajstić information content (AvgIpc) is 2.47. The predicted molar refractivity (Wildman–Crippen MR) is 80.6 cm³/mol. The zero-order valence-corrected chi connectivity index (χ0v) is 11.3. The standard InChI is InChI=1S/C16H18N2O2/c1-12(19)11-17-16(20)18-15-9-7-14(8-10-15)13-5-3-2-4-6-13/h2-10,12,19H,11H2,1H3,(H2,17,18,20). The lowest BCUT2D eigenvalue weighted by molar-refractivity contribution is 0.190. The maximum Gasteiger partial charge on any atom is 0.319 e. The molecular weight excluding hydrogens is 252 g/mol. The van der Waals surface area contributed by atoms with Gasteiger partial charge in [-0.1, -0.05) is 42.5 Å². The second kappa shape index (κ2) is 6.73. The molecule has 0 aliphatic rings. The number of benzene rings is 2. The Balaban J connectivity index is 1.97. The van der Waals surface area contributed by atoms with E-state index in [4.69, 9.17) is 5.11 Å². The molecule has 4 heteroatoms. The summed E-state index contributed by atoms with van der Waals surface area (Å²) in [5.41, 5.74) is 2.95. The molecule has 0 heterocycles. The molecule has 20 heavy (non-hydrogen) atoms. The van der Waals surface area contributed by atoms with Gasteiger partial charge in [-0.25, -0.2) is 4.79 Å². The van der Waals surface area contributed by atoms with Crippen LogP contribution in [0.2, 0.25) is 0 Å². The molecule has 0 aliphatic carbocycles. The molecule has 2 aromatic rings. The molecule has 0 fully saturated rings. The van der Waals surface area contributed by atoms with Gasteiger partial charge in [-0.15, -0.1) is 0 Å². The van der Waals surface area contributed by atoms with E-state index in [1.54, 1.807) is 6.92 Å². The smallest absolute Gasteiger partial charge is 0.319 e. The summed E-state index contributed by atoms with van der Waals surface area (Å²) in [4.78, 5) is 11.5. The van der Waals surface area contributed by atoms with E-state index >= 15 is 0 Å². The third-order valence-corrected chi connectivity index (χ3v) is 2.81. The molecule has 4 nitrogen and oxygen atoms in total. The highest BCUT2D eigenvalue weighted by molar-refractivity contribution is 5.89. The van der Waals surface area contributed by atoms with Crippen LogP contribution in [0.5, 0.6) is 0 Å². The Morgan fingerprint density at radius 1 is 1.05 bits per heavy atom. The van der Waals surface area contributed by atoms with E-state index in [-0.39, 0.29) is 12.6 Å². The van der Waals surface area contributed by atoms with Crippen molar-refractivity contribution < 1.29 is 9.90 Å². The van der Waals surface area contributed by atoms with E-state index in [2.05, 4.69) is 10.6 Å². The zero-order chi connectivity index (χ0) is 14.4. The molecular formula is C16H18N2O2. The maximum absolute atomic E-state index is 11.5. The number of hydrogen-bond acceptors (Lipinski definition) is 2. The second-order valence-electron chi connectivity index (χ2n) is 4.63. The van der Waals surface area contributed by atoms with Crippen molar-refractivity contribution in [3.8, 4) is 11.1 Å². The summed E-state index contributed by atoms with van der Waals surface area (Å²) < 4.78 is 0. The largest absolute Gasteiger partial charge is 0.392 e. The van der Waals surface area contributed by atoms with Crippen LogP contribution in [0.4, 0.5) is 10.5 Å². The number of carbonyl (C=O) groups excluding carboxylic acids is 1. The van der Waals surface area contributed by atoms with E-state index in [0.29, 0.717) is 5.69 Å². The van der Waals surface area contributed by atoms with Gasteiger partial charge in [-0.3, -0.25) is 0 Å². The average molecular weight is 270 g/mol. The zero-order valence-electron chi connectivity index (χ0n) is 11.3. The quantitative estimate of drug-likeness (QED) is 0.800. The lowest BCUT2D eigenvalue weighted by atomic mass is 10.1. The minimum absolute atomic E-state index is 0.230. The second-order valence-corrected chi connectivity index (χ2v) is 4.63. The van der Waals surface area contributed by atoms with Gasteiger partial charge in [0.2, 0.25) is 0 Å². The predicted octanol–water partition coefficient (Wildman–Crippen LogP) is 2.86. The Morgan fingerprint density at radius 2 is 1.65 bits per heavy atom. The van der Waals surface area contributed by atoms with Crippen LogP contribution in [0.3, 0.4) is 0 Å². The van der Waals surface area contributed by atoms with E-state index < -0.39 is 6.10 Å². The summed E-state index contributed by atoms with van der Waals surface area (Å²) in [6.07, 6.45) is -0.554. The number of carbonyl (C=O) groups is 1. The molecule has 0 aromatic heterocycles. The Kier molecular flexibility index (Phi) is 4.74. The van der Waals surface area contributed by atoms with Gasteiger partial charge in [0.1, 0.15) is 0 Å². The van der Waals surface area contributed by atoms with Crippen LogP contribution >= 0.6 is 0 Å². The molecule has 1 unspecified atom stereocenters. The maximum atomic E-state index is 11.5. The van der Waals surface area contributed by atoms with Crippen LogP contribution in [-0.4, -0.2) is 23.8 Å². The summed E-state index contributed by atoms with van der Waals surface area (Å²) in [7, 11) is 0. The molecule has 0 saturated heterocycles. The van der Waals surface area contributed by atoms with Crippen LogP contribution in [0, 0.1) is 0 Å². The summed E-state index contributed by atoms with van der Waals surface area (Å²) in [6, 6.07) is 17.3. The highest BCUT2D eigenvalue weighted by Gasteiger charge is 2.03. The molecule has 0 saturated carbocycles. The van der Waals surface area contributed by atoms with Crippen molar-refractivity contribution in [1.82, 2.24) is 5.32 Å². The Morgan fingerprint density at radius 3 is 2.25 bits per heavy atom. The molecule has 3 N–H and O–H groups in total. The first-order valence-electron chi connectivity index (χ1n) is 6.53. The molecule has 104 valence electrons. The fourth-order valence-corrected chi connectivity index (χ4v) is 1.79. The minimum atomic E-state index is -0.554. The van der Waals surface area contributed by atoms with E-state index in [0.717, 1.165) is 11.1 Å². The van der Waals surface area contributed by atoms with Crippen molar-refractivity contribution >= 4 is 11.7 Å². The number of hydrogen-bond donors (Lipinski definition) is 3. The normalized spacial score (nSPS) is 11.7. The first kappa shape index (κ1) is 14.1. The first-order chi connectivity index (χ1) is 9.65. The van der Waals surface area contributed by atoms with Gasteiger partial charge in [0.05, 0.1) is 6.10 Å². The number of aliphatic hydroxyl groups excluding tert-OH is 1. The van der Waals surface area contributed by atoms with E-state index in [1.807, 2.05) is 54.6 Å². The van der Waals surface area contributed by atoms with Gasteiger partial charge in [0.15, 0.2) is 0 Å². The topological polar surface area (TPSA) is 61.4 Å². The summed E-state index contributed by atoms with van der Waals surface area (Å²) in [5.74, 6) is 0. The molecule has 2 rings (SSSR count). The Bertz CT molecular complexity index is 550. The van der Waals surface area contributed by atoms with Gasteiger partial charge in [-0.2, -0.15) is 0 Å². The molecule has 1 atom stereocenters. The molecule has 0 spiro atoms. The summed E-state index contributed by atoms with van der Waals surface area (Å²) in [5, 5.41) is 14.4. The van der Waals surface area contributed by atoms with Gasteiger partial charge >= 0.3 is 6.03 Å². The van der Waals surface area contributed by atoms with Crippen molar-refractivity contribution in [3.63, 3.8) is 0 Å². The number of anilines is 1. The molecule has 0 bridgehead atoms. The van der Waals surface area contributed by atoms with Crippen molar-refractivity contribution in [2.24, 2.45) is 0 Å². The van der Waals surface area contributed by atoms with Crippen LogP contribution in [0.25, 0.3) is 11.1 Å². The molecule has 2 amide bonds. The van der Waals surface area contributed by atoms with E-state index in [9.17, 15) is 4.79 Å². The van der Waals surface area contributed by atoms with Crippen molar-refractivity contribution in [1.29, 1.82) is 0 Å². The summed E-state index contributed by atoms with van der Waals surface area (Å²) in [6.45, 7) is 1.85. The summed E-state index contributed by atoms with van der Waals surface area (Å²) >= 11 is 0. The minimum Gasteiger partial charge on any atom is -0.392 e. The molecule has 0 radical (unpaired) electrons. The monoisotopic (exact) mass is 270 g/mol. The van der Waals surface area contributed by atoms with Gasteiger partial charge < -0.3 is 15.7 Å². The van der Waals surface area contributed by atoms with Gasteiger partial charge in [-0.05, 0) is 30.2 Å². The SMILES string of the molecule is CC(O)CNC(=O)Nc1ccc(-c2ccccc2)cc1. The Hall–Kier alpha value is -2.33. The third kappa shape index (κ3) is 4.10. The van der Waals surface area contributed by atoms with Crippen molar-refractivity contribution in [2.45, 2.75) is 13.0 Å². The third-order valence-electron chi connectivity index (χ3n) is 2.81. The lowest BCUT2D eigenvalue weighted by Crippen LogP contribution is -2.34. The highest BCUT2D eigenvalue weighted by atomic mass is 16.3. The van der Waals surface area contributed by atoms with Crippen LogP contribution in [0.15, 0.2) is 54.6 Å².